The molecule has 0 amide bonds. The molecule has 0 fully saturated rings. The van der Waals surface area contributed by atoms with Gasteiger partial charge in [0.2, 0.25) is 5.95 Å². The highest BCUT2D eigenvalue weighted by atomic mass is 32.1. The minimum Gasteiger partial charge on any atom is -0.494 e. The number of nitrogens with zero attached hydrogens (tertiary/aromatic N) is 4. The van der Waals surface area contributed by atoms with Gasteiger partial charge in [-0.25, -0.2) is 22.9 Å². The highest BCUT2D eigenvalue weighted by molar-refractivity contribution is 7.12. The number of hydrogen-bond acceptors (Lipinski definition) is 6. The number of methoxy groups -OCH3 is 1. The molecule has 0 N–H and O–H groups in total. The van der Waals surface area contributed by atoms with Crippen LogP contribution in [0, 0.1) is 5.82 Å². The predicted octanol–water partition coefficient (Wildman–Crippen LogP) is 4.30. The fraction of sp³-hybridized carbons (Fsp3) is 0.318. The van der Waals surface area contributed by atoms with Crippen LogP contribution in [0.2, 0.25) is 0 Å². The lowest BCUT2D eigenvalue weighted by atomic mass is 9.99. The third-order valence-electron chi connectivity index (χ3n) is 5.19. The SMILES string of the molecule is COc1cc(C2=CCN(c3ncn(Cc4ccc(C(C)(F)F)s4)c(=O)n3)CC2)ccc1F. The van der Waals surface area contributed by atoms with Gasteiger partial charge < -0.3 is 9.64 Å². The Hall–Kier alpha value is -3.14. The minimum atomic E-state index is -2.91. The summed E-state index contributed by atoms with van der Waals surface area (Å²) in [5, 5.41) is 0. The van der Waals surface area contributed by atoms with Gasteiger partial charge in [-0.3, -0.25) is 4.57 Å². The first-order valence-corrected chi connectivity index (χ1v) is 10.7. The van der Waals surface area contributed by atoms with Gasteiger partial charge in [0, 0.05) is 24.9 Å². The molecule has 0 atom stereocenters. The standard InChI is InChI=1S/C22H21F3N4O2S/c1-22(24,25)19-6-4-16(32-19)12-29-13-26-20(27-21(29)30)28-9-7-14(8-10-28)15-3-5-17(23)18(11-15)31-2/h3-7,11,13H,8-10,12H2,1-2H3. The maximum absolute atomic E-state index is 13.6. The average Bonchev–Trinajstić information content (AvgIpc) is 3.25. The van der Waals surface area contributed by atoms with Gasteiger partial charge in [0.05, 0.1) is 18.5 Å². The molecule has 0 unspecified atom stereocenters. The van der Waals surface area contributed by atoms with Crippen LogP contribution in [0.25, 0.3) is 5.57 Å². The third kappa shape index (κ3) is 4.69. The second-order valence-electron chi connectivity index (χ2n) is 7.50. The van der Waals surface area contributed by atoms with E-state index in [2.05, 4.69) is 9.97 Å². The van der Waals surface area contributed by atoms with Crippen molar-refractivity contribution in [3.05, 3.63) is 74.4 Å². The van der Waals surface area contributed by atoms with Crippen molar-refractivity contribution < 1.29 is 17.9 Å². The summed E-state index contributed by atoms with van der Waals surface area (Å²) in [7, 11) is 1.43. The summed E-state index contributed by atoms with van der Waals surface area (Å²) in [5.74, 6) is -2.82. The highest BCUT2D eigenvalue weighted by Gasteiger charge is 2.26. The molecule has 32 heavy (non-hydrogen) atoms. The van der Waals surface area contributed by atoms with E-state index in [4.69, 9.17) is 4.74 Å². The zero-order valence-corrected chi connectivity index (χ0v) is 18.3. The zero-order chi connectivity index (χ0) is 22.9. The largest absolute Gasteiger partial charge is 0.494 e. The molecule has 0 saturated carbocycles. The lowest BCUT2D eigenvalue weighted by Gasteiger charge is -2.26. The number of ether oxygens (including phenoxy) is 1. The maximum atomic E-state index is 13.6. The van der Waals surface area contributed by atoms with Gasteiger partial charge in [-0.15, -0.1) is 11.3 Å². The Kier molecular flexibility index (Phi) is 6.05. The van der Waals surface area contributed by atoms with Gasteiger partial charge in [0.15, 0.2) is 11.6 Å². The summed E-state index contributed by atoms with van der Waals surface area (Å²) < 4.78 is 46.8. The van der Waals surface area contributed by atoms with Crippen molar-refractivity contribution in [2.45, 2.75) is 25.8 Å². The molecule has 2 aromatic heterocycles. The molecule has 0 saturated heterocycles. The first kappa shape index (κ1) is 22.1. The Labute approximate surface area is 186 Å². The van der Waals surface area contributed by atoms with Crippen LogP contribution in [-0.2, 0) is 12.5 Å². The van der Waals surface area contributed by atoms with Gasteiger partial charge in [-0.2, -0.15) is 4.98 Å². The van der Waals surface area contributed by atoms with E-state index in [1.54, 1.807) is 18.2 Å². The molecule has 1 aliphatic rings. The van der Waals surface area contributed by atoms with E-state index in [0.717, 1.165) is 29.4 Å². The van der Waals surface area contributed by atoms with Crippen LogP contribution in [0.15, 0.2) is 47.5 Å². The lowest BCUT2D eigenvalue weighted by Crippen LogP contribution is -2.33. The Morgan fingerprint density at radius 1 is 1.25 bits per heavy atom. The number of benzene rings is 1. The molecule has 168 valence electrons. The van der Waals surface area contributed by atoms with Crippen molar-refractivity contribution in [2.75, 3.05) is 25.1 Å². The van der Waals surface area contributed by atoms with Crippen molar-refractivity contribution in [1.29, 1.82) is 0 Å². The Morgan fingerprint density at radius 2 is 2.06 bits per heavy atom. The van der Waals surface area contributed by atoms with Gasteiger partial charge >= 0.3 is 5.69 Å². The van der Waals surface area contributed by atoms with Crippen LogP contribution >= 0.6 is 11.3 Å². The van der Waals surface area contributed by atoms with Crippen molar-refractivity contribution >= 4 is 22.9 Å². The molecule has 1 aliphatic heterocycles. The Morgan fingerprint density at radius 3 is 2.69 bits per heavy atom. The Balaban J connectivity index is 1.46. The molecule has 4 rings (SSSR count). The van der Waals surface area contributed by atoms with Crippen LogP contribution in [0.5, 0.6) is 5.75 Å². The van der Waals surface area contributed by atoms with E-state index in [9.17, 15) is 18.0 Å². The van der Waals surface area contributed by atoms with Crippen LogP contribution in [0.4, 0.5) is 19.1 Å². The summed E-state index contributed by atoms with van der Waals surface area (Å²) in [6, 6.07) is 7.70. The van der Waals surface area contributed by atoms with E-state index in [-0.39, 0.29) is 17.2 Å². The topological polar surface area (TPSA) is 60.2 Å². The number of anilines is 1. The monoisotopic (exact) mass is 462 g/mol. The molecule has 0 spiro atoms. The van der Waals surface area contributed by atoms with Crippen molar-refractivity contribution in [3.8, 4) is 5.75 Å². The molecule has 0 bridgehead atoms. The van der Waals surface area contributed by atoms with E-state index < -0.39 is 17.4 Å². The van der Waals surface area contributed by atoms with E-state index >= 15 is 0 Å². The molecule has 3 heterocycles. The lowest BCUT2D eigenvalue weighted by molar-refractivity contribution is 0.0215. The number of aromatic nitrogens is 3. The third-order valence-corrected chi connectivity index (χ3v) is 6.43. The summed E-state index contributed by atoms with van der Waals surface area (Å²) in [4.78, 5) is 23.3. The summed E-state index contributed by atoms with van der Waals surface area (Å²) >= 11 is 0.961. The van der Waals surface area contributed by atoms with Crippen molar-refractivity contribution in [2.24, 2.45) is 0 Å². The maximum Gasteiger partial charge on any atom is 0.352 e. The quantitative estimate of drug-likeness (QED) is 0.547. The molecular formula is C22H21F3N4O2S. The number of halogens is 3. The van der Waals surface area contributed by atoms with Gasteiger partial charge in [-0.05, 0) is 41.8 Å². The Bertz CT molecular complexity index is 1220. The van der Waals surface area contributed by atoms with Gasteiger partial charge in [0.1, 0.15) is 6.33 Å². The molecule has 6 nitrogen and oxygen atoms in total. The molecule has 0 radical (unpaired) electrons. The zero-order valence-electron chi connectivity index (χ0n) is 17.5. The molecule has 0 aliphatic carbocycles. The number of alkyl halides is 2. The smallest absolute Gasteiger partial charge is 0.352 e. The molecule has 10 heteroatoms. The van der Waals surface area contributed by atoms with Gasteiger partial charge in [0.25, 0.3) is 5.92 Å². The summed E-state index contributed by atoms with van der Waals surface area (Å²) in [6.45, 7) is 2.07. The fourth-order valence-corrected chi connectivity index (χ4v) is 4.39. The second-order valence-corrected chi connectivity index (χ2v) is 8.66. The van der Waals surface area contributed by atoms with Crippen molar-refractivity contribution in [3.63, 3.8) is 0 Å². The van der Waals surface area contributed by atoms with E-state index in [1.807, 2.05) is 11.0 Å². The fourth-order valence-electron chi connectivity index (χ4n) is 3.45. The van der Waals surface area contributed by atoms with Crippen LogP contribution in [-0.4, -0.2) is 34.7 Å². The predicted molar refractivity (Wildman–Crippen MR) is 117 cm³/mol. The molecule has 3 aromatic rings. The van der Waals surface area contributed by atoms with Crippen molar-refractivity contribution in [1.82, 2.24) is 14.5 Å². The summed E-state index contributed by atoms with van der Waals surface area (Å²) in [5.41, 5.74) is 1.44. The normalized spacial score (nSPS) is 14.4. The number of hydrogen-bond donors (Lipinski definition) is 0. The highest BCUT2D eigenvalue weighted by Crippen LogP contribution is 2.33. The molecular weight excluding hydrogens is 441 g/mol. The minimum absolute atomic E-state index is 0.0484. The average molecular weight is 462 g/mol. The van der Waals surface area contributed by atoms with Crippen LogP contribution in [0.3, 0.4) is 0 Å². The first-order valence-electron chi connectivity index (χ1n) is 9.93. The molecule has 1 aromatic carbocycles. The van der Waals surface area contributed by atoms with E-state index in [0.29, 0.717) is 30.3 Å². The summed E-state index contributed by atoms with van der Waals surface area (Å²) in [6.07, 6.45) is 4.05. The van der Waals surface area contributed by atoms with Gasteiger partial charge in [-0.1, -0.05) is 12.1 Å². The first-order chi connectivity index (χ1) is 15.2. The number of thiophene rings is 1. The van der Waals surface area contributed by atoms with Crippen LogP contribution in [0.1, 0.15) is 28.7 Å². The van der Waals surface area contributed by atoms with Crippen LogP contribution < -0.4 is 15.3 Å². The van der Waals surface area contributed by atoms with E-state index in [1.165, 1.54) is 30.1 Å². The number of rotatable bonds is 6. The second kappa shape index (κ2) is 8.78.